The number of fused-ring (bicyclic) bond motifs is 1. The Bertz CT molecular complexity index is 1330. The molecule has 35 heavy (non-hydrogen) atoms. The van der Waals surface area contributed by atoms with Crippen molar-refractivity contribution in [2.24, 2.45) is 5.92 Å². The molecule has 1 fully saturated rings. The lowest BCUT2D eigenvalue weighted by Crippen LogP contribution is -2.33. The van der Waals surface area contributed by atoms with Crippen LogP contribution in [0.3, 0.4) is 0 Å². The van der Waals surface area contributed by atoms with E-state index in [0.717, 1.165) is 38.2 Å². The molecular weight excluding hydrogens is 430 g/mol. The average molecular weight is 466 g/mol. The normalized spacial score (nSPS) is 15.1. The number of aryl methyl sites for hydroxylation is 1. The smallest absolute Gasteiger partial charge is 0.226 e. The van der Waals surface area contributed by atoms with Gasteiger partial charge in [0.1, 0.15) is 0 Å². The Morgan fingerprint density at radius 1 is 0.943 bits per heavy atom. The number of likely N-dealkylation sites (tertiary alicyclic amines) is 1. The molecule has 1 amide bonds. The van der Waals surface area contributed by atoms with E-state index in [0.29, 0.717) is 5.92 Å². The Morgan fingerprint density at radius 3 is 2.49 bits per heavy atom. The maximum absolute atomic E-state index is 12.1. The Balaban J connectivity index is 1.31. The number of carbonyl (C=O) groups is 1. The van der Waals surface area contributed by atoms with Crippen LogP contribution in [0.15, 0.2) is 78.9 Å². The summed E-state index contributed by atoms with van der Waals surface area (Å²) in [5.41, 5.74) is 7.36. The maximum atomic E-state index is 12.1. The van der Waals surface area contributed by atoms with E-state index in [4.69, 9.17) is 0 Å². The highest BCUT2D eigenvalue weighted by Crippen LogP contribution is 2.32. The number of anilines is 1. The first-order valence-electron chi connectivity index (χ1n) is 12.8. The molecule has 0 spiro atoms. The lowest BCUT2D eigenvalue weighted by molar-refractivity contribution is -0.118. The van der Waals surface area contributed by atoms with Crippen molar-refractivity contribution in [2.45, 2.75) is 46.1 Å². The topological polar surface area (TPSA) is 37.3 Å². The molecule has 0 unspecified atom stereocenters. The van der Waals surface area contributed by atoms with E-state index in [2.05, 4.69) is 94.5 Å². The predicted molar refractivity (Wildman–Crippen MR) is 145 cm³/mol. The molecule has 1 saturated heterocycles. The summed E-state index contributed by atoms with van der Waals surface area (Å²) in [5, 5.41) is 4.34. The SMILES string of the molecule is Cc1cccc(-n2c(CN3CCC(c4cccc(NC(=O)C(C)C)c4)CC3)cc3ccccc32)c1. The zero-order chi connectivity index (χ0) is 24.4. The van der Waals surface area contributed by atoms with E-state index >= 15 is 0 Å². The monoisotopic (exact) mass is 465 g/mol. The van der Waals surface area contributed by atoms with E-state index in [1.54, 1.807) is 0 Å². The molecular formula is C31H35N3O. The van der Waals surface area contributed by atoms with Crippen LogP contribution in [-0.4, -0.2) is 28.5 Å². The molecule has 1 aliphatic rings. The van der Waals surface area contributed by atoms with Crippen molar-refractivity contribution in [3.8, 4) is 5.69 Å². The standard InChI is InChI=1S/C31H35N3O/c1-22(2)31(35)32-27-11-7-10-25(19-27)24-14-16-33(17-15-24)21-29-20-26-9-4-5-13-30(26)34(29)28-12-6-8-23(3)18-28/h4-13,18-20,22,24H,14-17,21H2,1-3H3,(H,32,35). The molecule has 5 rings (SSSR count). The molecule has 0 aliphatic carbocycles. The van der Waals surface area contributed by atoms with Gasteiger partial charge in [-0.2, -0.15) is 0 Å². The van der Waals surface area contributed by atoms with Gasteiger partial charge in [-0.25, -0.2) is 0 Å². The molecule has 1 aromatic heterocycles. The molecule has 4 aromatic rings. The lowest BCUT2D eigenvalue weighted by Gasteiger charge is -2.32. The number of carbonyl (C=O) groups excluding carboxylic acids is 1. The van der Waals surface area contributed by atoms with Crippen LogP contribution in [0, 0.1) is 12.8 Å². The van der Waals surface area contributed by atoms with Gasteiger partial charge in [0, 0.05) is 34.9 Å². The van der Waals surface area contributed by atoms with E-state index in [1.165, 1.54) is 33.4 Å². The minimum atomic E-state index is -0.0164. The molecule has 2 heterocycles. The zero-order valence-corrected chi connectivity index (χ0v) is 21.0. The second-order valence-corrected chi connectivity index (χ2v) is 10.2. The summed E-state index contributed by atoms with van der Waals surface area (Å²) in [6.45, 7) is 9.09. The molecule has 1 aliphatic heterocycles. The van der Waals surface area contributed by atoms with Gasteiger partial charge in [0.05, 0.1) is 5.52 Å². The molecule has 0 saturated carbocycles. The number of nitrogens with zero attached hydrogens (tertiary/aromatic N) is 2. The highest BCUT2D eigenvalue weighted by Gasteiger charge is 2.23. The first-order chi connectivity index (χ1) is 17.0. The van der Waals surface area contributed by atoms with Crippen molar-refractivity contribution in [1.82, 2.24) is 9.47 Å². The molecule has 0 bridgehead atoms. The number of hydrogen-bond acceptors (Lipinski definition) is 2. The Kier molecular flexibility index (Phi) is 6.74. The van der Waals surface area contributed by atoms with Crippen LogP contribution in [0.25, 0.3) is 16.6 Å². The fourth-order valence-electron chi connectivity index (χ4n) is 5.21. The summed E-state index contributed by atoms with van der Waals surface area (Å²) >= 11 is 0. The molecule has 1 N–H and O–H groups in total. The number of para-hydroxylation sites is 1. The fraction of sp³-hybridized carbons (Fsp3) is 0.323. The highest BCUT2D eigenvalue weighted by molar-refractivity contribution is 5.92. The molecule has 0 radical (unpaired) electrons. The summed E-state index contributed by atoms with van der Waals surface area (Å²) in [4.78, 5) is 14.7. The molecule has 3 aromatic carbocycles. The van der Waals surface area contributed by atoms with Crippen molar-refractivity contribution in [3.05, 3.63) is 95.7 Å². The van der Waals surface area contributed by atoms with Crippen molar-refractivity contribution >= 4 is 22.5 Å². The van der Waals surface area contributed by atoms with E-state index in [9.17, 15) is 4.79 Å². The number of benzene rings is 3. The van der Waals surface area contributed by atoms with Gasteiger partial charge in [0.2, 0.25) is 5.91 Å². The van der Waals surface area contributed by atoms with Crippen LogP contribution in [-0.2, 0) is 11.3 Å². The minimum absolute atomic E-state index is 0.0164. The van der Waals surface area contributed by atoms with Gasteiger partial charge in [0.25, 0.3) is 0 Å². The number of aromatic nitrogens is 1. The molecule has 4 heteroatoms. The van der Waals surface area contributed by atoms with Crippen LogP contribution < -0.4 is 5.32 Å². The van der Waals surface area contributed by atoms with Crippen LogP contribution >= 0.6 is 0 Å². The van der Waals surface area contributed by atoms with Crippen LogP contribution in [0.2, 0.25) is 0 Å². The van der Waals surface area contributed by atoms with Crippen LogP contribution in [0.5, 0.6) is 0 Å². The third-order valence-corrected chi connectivity index (χ3v) is 7.17. The first-order valence-corrected chi connectivity index (χ1v) is 12.8. The van der Waals surface area contributed by atoms with Gasteiger partial charge in [-0.1, -0.05) is 56.3 Å². The average Bonchev–Trinajstić information content (AvgIpc) is 3.22. The number of rotatable bonds is 6. The number of hydrogen-bond donors (Lipinski definition) is 1. The number of amides is 1. The largest absolute Gasteiger partial charge is 0.326 e. The fourth-order valence-corrected chi connectivity index (χ4v) is 5.21. The molecule has 0 atom stereocenters. The van der Waals surface area contributed by atoms with Gasteiger partial charge in [-0.3, -0.25) is 9.69 Å². The number of piperidine rings is 1. The lowest BCUT2D eigenvalue weighted by atomic mass is 9.89. The summed E-state index contributed by atoms with van der Waals surface area (Å²) in [6, 6.07) is 28.2. The Labute approximate surface area is 208 Å². The third-order valence-electron chi connectivity index (χ3n) is 7.17. The van der Waals surface area contributed by atoms with E-state index < -0.39 is 0 Å². The second-order valence-electron chi connectivity index (χ2n) is 10.2. The molecule has 180 valence electrons. The third kappa shape index (κ3) is 5.18. The van der Waals surface area contributed by atoms with E-state index in [-0.39, 0.29) is 11.8 Å². The van der Waals surface area contributed by atoms with Gasteiger partial charge in [0.15, 0.2) is 0 Å². The highest BCUT2D eigenvalue weighted by atomic mass is 16.1. The van der Waals surface area contributed by atoms with E-state index in [1.807, 2.05) is 19.9 Å². The summed E-state index contributed by atoms with van der Waals surface area (Å²) in [7, 11) is 0. The second kappa shape index (κ2) is 10.1. The van der Waals surface area contributed by atoms with Crippen molar-refractivity contribution in [3.63, 3.8) is 0 Å². The quantitative estimate of drug-likeness (QED) is 0.336. The summed E-state index contributed by atoms with van der Waals surface area (Å²) in [5.74, 6) is 0.586. The van der Waals surface area contributed by atoms with Crippen molar-refractivity contribution in [2.75, 3.05) is 18.4 Å². The van der Waals surface area contributed by atoms with Crippen LogP contribution in [0.1, 0.15) is 49.4 Å². The van der Waals surface area contributed by atoms with Gasteiger partial charge < -0.3 is 9.88 Å². The minimum Gasteiger partial charge on any atom is -0.326 e. The summed E-state index contributed by atoms with van der Waals surface area (Å²) in [6.07, 6.45) is 2.26. The number of nitrogens with one attached hydrogen (secondary N) is 1. The van der Waals surface area contributed by atoms with Crippen molar-refractivity contribution in [1.29, 1.82) is 0 Å². The van der Waals surface area contributed by atoms with Gasteiger partial charge >= 0.3 is 0 Å². The Hall–Kier alpha value is -3.37. The zero-order valence-electron chi connectivity index (χ0n) is 21.0. The van der Waals surface area contributed by atoms with Gasteiger partial charge in [-0.15, -0.1) is 0 Å². The summed E-state index contributed by atoms with van der Waals surface area (Å²) < 4.78 is 2.43. The van der Waals surface area contributed by atoms with Crippen LogP contribution in [0.4, 0.5) is 5.69 Å². The Morgan fingerprint density at radius 2 is 1.71 bits per heavy atom. The molecule has 4 nitrogen and oxygen atoms in total. The van der Waals surface area contributed by atoms with Crippen molar-refractivity contribution < 1.29 is 4.79 Å². The van der Waals surface area contributed by atoms with Gasteiger partial charge in [-0.05, 0) is 86.3 Å². The predicted octanol–water partition coefficient (Wildman–Crippen LogP) is 6.91. The maximum Gasteiger partial charge on any atom is 0.226 e. The first kappa shape index (κ1) is 23.4.